The molecule has 120 valence electrons. The second-order valence-electron chi connectivity index (χ2n) is 5.76. The molecule has 3 aromatic rings. The molecule has 1 atom stereocenters. The number of aryl methyl sites for hydroxylation is 2. The summed E-state index contributed by atoms with van der Waals surface area (Å²) in [4.78, 5) is 15.1. The summed E-state index contributed by atoms with van der Waals surface area (Å²) in [7, 11) is 2.01. The Hall–Kier alpha value is -2.73. The molecule has 4 heterocycles. The Balaban J connectivity index is 2.01. The van der Waals surface area contributed by atoms with Gasteiger partial charge in [-0.3, -0.25) is 4.99 Å². The zero-order valence-electron chi connectivity index (χ0n) is 13.5. The maximum absolute atomic E-state index is 6.29. The molecule has 4 rings (SSSR count). The monoisotopic (exact) mass is 335 g/mol. The number of aromatic nitrogens is 2. The van der Waals surface area contributed by atoms with E-state index in [0.717, 1.165) is 27.4 Å². The fourth-order valence-electron chi connectivity index (χ4n) is 2.92. The van der Waals surface area contributed by atoms with Crippen LogP contribution in [0.1, 0.15) is 27.7 Å². The third kappa shape index (κ3) is 2.35. The third-order valence-corrected chi connectivity index (χ3v) is 5.07. The van der Waals surface area contributed by atoms with Crippen molar-refractivity contribution in [3.63, 3.8) is 0 Å². The van der Waals surface area contributed by atoms with Gasteiger partial charge in [-0.15, -0.1) is 11.3 Å². The minimum atomic E-state index is -0.288. The van der Waals surface area contributed by atoms with Crippen LogP contribution in [-0.2, 0) is 7.05 Å². The quantitative estimate of drug-likeness (QED) is 0.780. The van der Waals surface area contributed by atoms with E-state index < -0.39 is 0 Å². The van der Waals surface area contributed by atoms with E-state index in [1.807, 2.05) is 42.9 Å². The van der Waals surface area contributed by atoms with Crippen molar-refractivity contribution in [1.29, 1.82) is 0 Å². The maximum atomic E-state index is 6.29. The van der Waals surface area contributed by atoms with Crippen molar-refractivity contribution in [3.8, 4) is 0 Å². The van der Waals surface area contributed by atoms with Gasteiger partial charge >= 0.3 is 0 Å². The Morgan fingerprint density at radius 2 is 2.08 bits per heavy atom. The first-order chi connectivity index (χ1) is 11.6. The highest BCUT2D eigenvalue weighted by Crippen LogP contribution is 2.32. The molecule has 0 amide bonds. The van der Waals surface area contributed by atoms with Crippen molar-refractivity contribution in [1.82, 2.24) is 9.55 Å². The lowest BCUT2D eigenvalue weighted by molar-refractivity contribution is 0.905. The number of rotatable bonds is 2. The zero-order chi connectivity index (χ0) is 16.7. The summed E-state index contributed by atoms with van der Waals surface area (Å²) in [6.07, 6.45) is 3.78. The summed E-state index contributed by atoms with van der Waals surface area (Å²) in [5, 5.41) is 2.03. The van der Waals surface area contributed by atoms with Crippen LogP contribution in [-0.4, -0.2) is 21.1 Å². The van der Waals surface area contributed by atoms with Gasteiger partial charge in [-0.1, -0.05) is 6.07 Å². The van der Waals surface area contributed by atoms with E-state index in [-0.39, 0.29) is 6.04 Å². The van der Waals surface area contributed by atoms with E-state index in [9.17, 15) is 0 Å². The Morgan fingerprint density at radius 1 is 1.21 bits per heavy atom. The summed E-state index contributed by atoms with van der Waals surface area (Å²) in [5.41, 5.74) is 10.2. The number of hydrogen-bond donors (Lipinski definition) is 1. The average Bonchev–Trinajstić information content (AvgIpc) is 3.19. The minimum absolute atomic E-state index is 0.288. The Morgan fingerprint density at radius 3 is 2.79 bits per heavy atom. The Bertz CT molecular complexity index is 950. The Kier molecular flexibility index (Phi) is 3.54. The SMILES string of the molecule is Cc1ccnc2c1C(c1cccn1C)=NC(c1cccs1)C(N)=N2. The summed E-state index contributed by atoms with van der Waals surface area (Å²) >= 11 is 1.63. The lowest BCUT2D eigenvalue weighted by Crippen LogP contribution is -2.20. The molecular weight excluding hydrogens is 318 g/mol. The van der Waals surface area contributed by atoms with Crippen LogP contribution in [0.2, 0.25) is 0 Å². The van der Waals surface area contributed by atoms with Crippen molar-refractivity contribution >= 4 is 28.7 Å². The van der Waals surface area contributed by atoms with Crippen LogP contribution in [0.15, 0.2) is 58.1 Å². The van der Waals surface area contributed by atoms with Gasteiger partial charge in [-0.25, -0.2) is 9.98 Å². The normalized spacial score (nSPS) is 17.0. The molecule has 3 aromatic heterocycles. The van der Waals surface area contributed by atoms with Crippen molar-refractivity contribution in [3.05, 3.63) is 69.8 Å². The number of nitrogens with zero attached hydrogens (tertiary/aromatic N) is 4. The first-order valence-electron chi connectivity index (χ1n) is 7.68. The minimum Gasteiger partial charge on any atom is -0.385 e. The lowest BCUT2D eigenvalue weighted by atomic mass is 10.0. The molecule has 5 nitrogen and oxygen atoms in total. The Labute approximate surface area is 144 Å². The van der Waals surface area contributed by atoms with Gasteiger partial charge in [-0.2, -0.15) is 0 Å². The summed E-state index contributed by atoms with van der Waals surface area (Å²) < 4.78 is 2.06. The number of thiophene rings is 1. The van der Waals surface area contributed by atoms with Crippen molar-refractivity contribution in [2.45, 2.75) is 13.0 Å². The standard InChI is InChI=1S/C18H17N5S/c1-11-7-8-20-18-14(11)15(12-5-3-9-23(12)2)21-16(17(19)22-18)13-6-4-10-24-13/h3-10,16H,1-2H3,(H2,19,20,22). The predicted molar refractivity (Wildman–Crippen MR) is 98.4 cm³/mol. The largest absolute Gasteiger partial charge is 0.385 e. The van der Waals surface area contributed by atoms with Crippen LogP contribution in [0.25, 0.3) is 0 Å². The summed E-state index contributed by atoms with van der Waals surface area (Å²) in [6.45, 7) is 2.05. The molecule has 0 radical (unpaired) electrons. The van der Waals surface area contributed by atoms with E-state index in [4.69, 9.17) is 10.7 Å². The molecule has 1 aliphatic heterocycles. The van der Waals surface area contributed by atoms with Gasteiger partial charge < -0.3 is 10.3 Å². The highest BCUT2D eigenvalue weighted by Gasteiger charge is 2.26. The fraction of sp³-hybridized carbons (Fsp3) is 0.167. The second-order valence-corrected chi connectivity index (χ2v) is 6.74. The molecule has 0 aliphatic carbocycles. The topological polar surface area (TPSA) is 68.6 Å². The molecule has 0 fully saturated rings. The van der Waals surface area contributed by atoms with Crippen LogP contribution >= 0.6 is 11.3 Å². The van der Waals surface area contributed by atoms with E-state index in [1.54, 1.807) is 17.5 Å². The molecule has 2 N–H and O–H groups in total. The molecule has 1 unspecified atom stereocenters. The molecule has 0 aromatic carbocycles. The van der Waals surface area contributed by atoms with Gasteiger partial charge in [0.15, 0.2) is 5.82 Å². The van der Waals surface area contributed by atoms with Crippen LogP contribution in [0.3, 0.4) is 0 Å². The lowest BCUT2D eigenvalue weighted by Gasteiger charge is -2.13. The molecule has 6 heteroatoms. The van der Waals surface area contributed by atoms with Crippen LogP contribution < -0.4 is 5.73 Å². The van der Waals surface area contributed by atoms with Gasteiger partial charge in [0, 0.05) is 29.9 Å². The molecular formula is C18H17N5S. The highest BCUT2D eigenvalue weighted by molar-refractivity contribution is 7.10. The van der Waals surface area contributed by atoms with E-state index in [0.29, 0.717) is 11.7 Å². The van der Waals surface area contributed by atoms with Gasteiger partial charge in [0.25, 0.3) is 0 Å². The maximum Gasteiger partial charge on any atom is 0.163 e. The molecule has 1 aliphatic rings. The van der Waals surface area contributed by atoms with Crippen LogP contribution in [0, 0.1) is 6.92 Å². The van der Waals surface area contributed by atoms with E-state index in [2.05, 4.69) is 27.5 Å². The number of amidine groups is 1. The zero-order valence-corrected chi connectivity index (χ0v) is 14.3. The van der Waals surface area contributed by atoms with Crippen LogP contribution in [0.4, 0.5) is 5.82 Å². The number of fused-ring (bicyclic) bond motifs is 1. The average molecular weight is 335 g/mol. The molecule has 0 saturated carbocycles. The van der Waals surface area contributed by atoms with Crippen molar-refractivity contribution in [2.24, 2.45) is 22.8 Å². The molecule has 0 saturated heterocycles. The van der Waals surface area contributed by atoms with Crippen molar-refractivity contribution in [2.75, 3.05) is 0 Å². The third-order valence-electron chi connectivity index (χ3n) is 4.15. The number of nitrogens with two attached hydrogens (primary N) is 1. The summed E-state index contributed by atoms with van der Waals surface area (Å²) in [5.74, 6) is 1.10. The smallest absolute Gasteiger partial charge is 0.163 e. The van der Waals surface area contributed by atoms with Crippen molar-refractivity contribution < 1.29 is 0 Å². The number of aliphatic imine (C=N–C) groups is 2. The first kappa shape index (κ1) is 14.8. The van der Waals surface area contributed by atoms with Crippen LogP contribution in [0.5, 0.6) is 0 Å². The highest BCUT2D eigenvalue weighted by atomic mass is 32.1. The fourth-order valence-corrected chi connectivity index (χ4v) is 3.70. The second kappa shape index (κ2) is 5.72. The van der Waals surface area contributed by atoms with E-state index in [1.165, 1.54) is 0 Å². The number of hydrogen-bond acceptors (Lipinski definition) is 5. The molecule has 24 heavy (non-hydrogen) atoms. The first-order valence-corrected chi connectivity index (χ1v) is 8.56. The molecule has 0 bridgehead atoms. The predicted octanol–water partition coefficient (Wildman–Crippen LogP) is 3.37. The summed E-state index contributed by atoms with van der Waals surface area (Å²) in [6, 6.07) is 9.81. The van der Waals surface area contributed by atoms with Gasteiger partial charge in [0.1, 0.15) is 11.9 Å². The van der Waals surface area contributed by atoms with Gasteiger partial charge in [-0.05, 0) is 42.1 Å². The number of pyridine rings is 1. The van der Waals surface area contributed by atoms with Gasteiger partial charge in [0.05, 0.1) is 11.4 Å². The van der Waals surface area contributed by atoms with Gasteiger partial charge in [0.2, 0.25) is 0 Å². The van der Waals surface area contributed by atoms with E-state index >= 15 is 0 Å². The molecule has 0 spiro atoms.